The third-order valence-electron chi connectivity index (χ3n) is 1.64. The molecule has 84 valence electrons. The molecule has 0 aromatic rings. The van der Waals surface area contributed by atoms with Gasteiger partial charge in [-0.2, -0.15) is 0 Å². The van der Waals surface area contributed by atoms with E-state index in [9.17, 15) is 9.59 Å². The molecular formula is C9H17ClO4. The van der Waals surface area contributed by atoms with Crippen molar-refractivity contribution < 1.29 is 19.4 Å². The van der Waals surface area contributed by atoms with E-state index in [1.165, 1.54) is 0 Å². The minimum Gasteiger partial charge on any atom is -0.481 e. The van der Waals surface area contributed by atoms with Crippen LogP contribution in [0.3, 0.4) is 0 Å². The summed E-state index contributed by atoms with van der Waals surface area (Å²) in [7, 11) is 0. The fourth-order valence-electron chi connectivity index (χ4n) is 1.05. The Balaban J connectivity index is 0. The Labute approximate surface area is 90.0 Å². The first kappa shape index (κ1) is 15.7. The molecule has 0 amide bonds. The van der Waals surface area contributed by atoms with Gasteiger partial charge in [-0.3, -0.25) is 9.59 Å². The molecule has 0 aliphatic rings. The lowest BCUT2D eigenvalue weighted by Gasteiger charge is -2.24. The van der Waals surface area contributed by atoms with Gasteiger partial charge in [-0.05, 0) is 12.3 Å². The molecule has 0 aliphatic carbocycles. The molecule has 0 saturated carbocycles. The van der Waals surface area contributed by atoms with E-state index in [1.807, 2.05) is 0 Å². The molecule has 1 atom stereocenters. The van der Waals surface area contributed by atoms with Crippen LogP contribution in [0.2, 0.25) is 0 Å². The minimum absolute atomic E-state index is 0. The first-order valence-corrected chi connectivity index (χ1v) is 4.20. The average molecular weight is 225 g/mol. The highest BCUT2D eigenvalue weighted by Gasteiger charge is 2.38. The van der Waals surface area contributed by atoms with Crippen molar-refractivity contribution in [1.82, 2.24) is 0 Å². The summed E-state index contributed by atoms with van der Waals surface area (Å²) in [5, 5.41) is 8.81. The zero-order chi connectivity index (χ0) is 10.6. The average Bonchev–Trinajstić information content (AvgIpc) is 1.82. The largest absolute Gasteiger partial charge is 0.481 e. The quantitative estimate of drug-likeness (QED) is 0.586. The van der Waals surface area contributed by atoms with E-state index in [0.29, 0.717) is 0 Å². The second-order valence-corrected chi connectivity index (χ2v) is 3.89. The van der Waals surface area contributed by atoms with Crippen LogP contribution in [0.1, 0.15) is 27.7 Å². The fraction of sp³-hybridized carbons (Fsp3) is 0.778. The molecule has 1 unspecified atom stereocenters. The summed E-state index contributed by atoms with van der Waals surface area (Å²) in [6, 6.07) is 0. The van der Waals surface area contributed by atoms with E-state index in [1.54, 1.807) is 27.7 Å². The van der Waals surface area contributed by atoms with E-state index < -0.39 is 23.3 Å². The molecule has 14 heavy (non-hydrogen) atoms. The van der Waals surface area contributed by atoms with Gasteiger partial charge in [-0.15, -0.1) is 12.4 Å². The second kappa shape index (κ2) is 5.86. The highest BCUT2D eigenvalue weighted by Crippen LogP contribution is 2.27. The molecule has 0 rings (SSSR count). The summed E-state index contributed by atoms with van der Waals surface area (Å²) >= 11 is 0. The van der Waals surface area contributed by atoms with E-state index >= 15 is 0 Å². The van der Waals surface area contributed by atoms with Crippen LogP contribution < -0.4 is 0 Å². The van der Waals surface area contributed by atoms with Crippen molar-refractivity contribution in [1.29, 1.82) is 0 Å². The van der Waals surface area contributed by atoms with Crippen LogP contribution in [0.5, 0.6) is 0 Å². The van der Waals surface area contributed by atoms with Crippen molar-refractivity contribution in [2.75, 3.05) is 6.61 Å². The van der Waals surface area contributed by atoms with Crippen LogP contribution in [0.4, 0.5) is 0 Å². The number of aliphatic carboxylic acids is 1. The Bertz CT molecular complexity index is 207. The number of hydrogen-bond acceptors (Lipinski definition) is 3. The molecule has 0 aromatic carbocycles. The standard InChI is InChI=1S/C9H16O4.ClH/c1-5-13-8(12)6(7(10)11)9(2,3)4;/h6H,5H2,1-4H3,(H,10,11);1H. The topological polar surface area (TPSA) is 63.6 Å². The zero-order valence-electron chi connectivity index (χ0n) is 8.86. The number of halogens is 1. The number of esters is 1. The number of hydrogen-bond donors (Lipinski definition) is 1. The number of carbonyl (C=O) groups is 2. The molecule has 1 N–H and O–H groups in total. The molecule has 0 fully saturated rings. The normalized spacial score (nSPS) is 12.6. The van der Waals surface area contributed by atoms with Gasteiger partial charge in [0.15, 0.2) is 5.92 Å². The molecular weight excluding hydrogens is 208 g/mol. The molecule has 4 nitrogen and oxygen atoms in total. The number of carboxylic acid groups (broad SMARTS) is 1. The van der Waals surface area contributed by atoms with Crippen LogP contribution in [0, 0.1) is 11.3 Å². The van der Waals surface area contributed by atoms with Crippen molar-refractivity contribution in [3.63, 3.8) is 0 Å². The minimum atomic E-state index is -1.13. The number of carboxylic acids is 1. The fourth-order valence-corrected chi connectivity index (χ4v) is 1.05. The molecule has 0 spiro atoms. The van der Waals surface area contributed by atoms with Crippen molar-refractivity contribution in [3.05, 3.63) is 0 Å². The Kier molecular flexibility index (Phi) is 6.56. The van der Waals surface area contributed by atoms with Crippen LogP contribution in [0.25, 0.3) is 0 Å². The van der Waals surface area contributed by atoms with Gasteiger partial charge in [0, 0.05) is 0 Å². The maximum absolute atomic E-state index is 11.2. The van der Waals surface area contributed by atoms with E-state index in [-0.39, 0.29) is 19.0 Å². The summed E-state index contributed by atoms with van der Waals surface area (Å²) in [6.07, 6.45) is 0. The van der Waals surface area contributed by atoms with Gasteiger partial charge in [0.1, 0.15) is 0 Å². The molecule has 5 heteroatoms. The molecule has 0 aromatic heterocycles. The summed E-state index contributed by atoms with van der Waals surface area (Å²) < 4.78 is 4.67. The van der Waals surface area contributed by atoms with Gasteiger partial charge in [0.2, 0.25) is 0 Å². The second-order valence-electron chi connectivity index (χ2n) is 3.89. The molecule has 0 saturated heterocycles. The highest BCUT2D eigenvalue weighted by atomic mass is 35.5. The number of ether oxygens (including phenoxy) is 1. The van der Waals surface area contributed by atoms with Crippen molar-refractivity contribution in [2.45, 2.75) is 27.7 Å². The van der Waals surface area contributed by atoms with Crippen LogP contribution in [-0.4, -0.2) is 23.7 Å². The monoisotopic (exact) mass is 224 g/mol. The number of carbonyl (C=O) groups excluding carboxylic acids is 1. The van der Waals surface area contributed by atoms with Crippen LogP contribution in [-0.2, 0) is 14.3 Å². The SMILES string of the molecule is CCOC(=O)C(C(=O)O)C(C)(C)C.Cl. The smallest absolute Gasteiger partial charge is 0.320 e. The first-order valence-electron chi connectivity index (χ1n) is 4.20. The van der Waals surface area contributed by atoms with Crippen molar-refractivity contribution in [2.24, 2.45) is 11.3 Å². The maximum Gasteiger partial charge on any atom is 0.320 e. The van der Waals surface area contributed by atoms with Crippen LogP contribution >= 0.6 is 12.4 Å². The summed E-state index contributed by atoms with van der Waals surface area (Å²) in [4.78, 5) is 22.0. The number of rotatable bonds is 3. The molecule has 0 aliphatic heterocycles. The molecule has 0 heterocycles. The van der Waals surface area contributed by atoms with Gasteiger partial charge in [0.25, 0.3) is 0 Å². The van der Waals surface area contributed by atoms with Gasteiger partial charge in [-0.25, -0.2) is 0 Å². The summed E-state index contributed by atoms with van der Waals surface area (Å²) in [5.74, 6) is -2.89. The van der Waals surface area contributed by atoms with Crippen molar-refractivity contribution in [3.8, 4) is 0 Å². The van der Waals surface area contributed by atoms with Gasteiger partial charge < -0.3 is 9.84 Å². The lowest BCUT2D eigenvalue weighted by atomic mass is 9.81. The predicted octanol–water partition coefficient (Wildman–Crippen LogP) is 1.72. The third-order valence-corrected chi connectivity index (χ3v) is 1.64. The highest BCUT2D eigenvalue weighted by molar-refractivity contribution is 5.94. The Morgan fingerprint density at radius 3 is 2.00 bits per heavy atom. The van der Waals surface area contributed by atoms with E-state index in [4.69, 9.17) is 5.11 Å². The predicted molar refractivity (Wildman–Crippen MR) is 54.5 cm³/mol. The Hall–Kier alpha value is -0.770. The Morgan fingerprint density at radius 2 is 1.79 bits per heavy atom. The zero-order valence-corrected chi connectivity index (χ0v) is 9.68. The lowest BCUT2D eigenvalue weighted by Crippen LogP contribution is -2.36. The van der Waals surface area contributed by atoms with Gasteiger partial charge >= 0.3 is 11.9 Å². The van der Waals surface area contributed by atoms with Crippen LogP contribution in [0.15, 0.2) is 0 Å². The lowest BCUT2D eigenvalue weighted by molar-refractivity contribution is -0.163. The maximum atomic E-state index is 11.2. The van der Waals surface area contributed by atoms with E-state index in [0.717, 1.165) is 0 Å². The molecule has 0 radical (unpaired) electrons. The van der Waals surface area contributed by atoms with E-state index in [2.05, 4.69) is 4.74 Å². The van der Waals surface area contributed by atoms with Crippen molar-refractivity contribution >= 4 is 24.3 Å². The first-order chi connectivity index (χ1) is 5.80. The van der Waals surface area contributed by atoms with Gasteiger partial charge in [0.05, 0.1) is 6.61 Å². The summed E-state index contributed by atoms with van der Waals surface area (Å²) in [6.45, 7) is 6.95. The third kappa shape index (κ3) is 4.46. The Morgan fingerprint density at radius 1 is 1.36 bits per heavy atom. The molecule has 0 bridgehead atoms. The summed E-state index contributed by atoms with van der Waals surface area (Å²) in [5.41, 5.74) is -0.613. The van der Waals surface area contributed by atoms with Gasteiger partial charge in [-0.1, -0.05) is 20.8 Å².